The molecule has 0 aromatic heterocycles. The molecule has 2 saturated heterocycles. The van der Waals surface area contributed by atoms with Crippen LogP contribution in [0.5, 0.6) is 0 Å². The van der Waals surface area contributed by atoms with E-state index in [-0.39, 0.29) is 5.60 Å². The molecular weight excluding hydrogens is 228 g/mol. The Kier molecular flexibility index (Phi) is 5.42. The fourth-order valence-corrected chi connectivity index (χ4v) is 3.15. The number of rotatable bonds is 5. The maximum Gasteiger partial charge on any atom is 0.0828 e. The van der Waals surface area contributed by atoms with Gasteiger partial charge in [0.25, 0.3) is 0 Å². The third-order valence-corrected chi connectivity index (χ3v) is 4.45. The van der Waals surface area contributed by atoms with E-state index in [1.165, 1.54) is 19.4 Å². The minimum absolute atomic E-state index is 0.0407. The third kappa shape index (κ3) is 3.67. The molecule has 0 amide bonds. The van der Waals surface area contributed by atoms with E-state index < -0.39 is 0 Å². The summed E-state index contributed by atoms with van der Waals surface area (Å²) in [5, 5.41) is 0. The van der Waals surface area contributed by atoms with Crippen LogP contribution >= 0.6 is 0 Å². The highest BCUT2D eigenvalue weighted by Crippen LogP contribution is 2.27. The van der Waals surface area contributed by atoms with Crippen molar-refractivity contribution in [1.82, 2.24) is 4.90 Å². The molecule has 0 aromatic carbocycles. The fraction of sp³-hybridized carbons (Fsp3) is 1.00. The topological polar surface area (TPSA) is 47.7 Å². The van der Waals surface area contributed by atoms with Crippen molar-refractivity contribution >= 4 is 0 Å². The molecule has 2 fully saturated rings. The van der Waals surface area contributed by atoms with Crippen molar-refractivity contribution in [3.8, 4) is 0 Å². The lowest BCUT2D eigenvalue weighted by atomic mass is 9.90. The Labute approximate surface area is 111 Å². The molecule has 18 heavy (non-hydrogen) atoms. The summed E-state index contributed by atoms with van der Waals surface area (Å²) in [4.78, 5) is 2.59. The van der Waals surface area contributed by atoms with Crippen molar-refractivity contribution in [3.05, 3.63) is 0 Å². The predicted octanol–water partition coefficient (Wildman–Crippen LogP) is 1.24. The van der Waals surface area contributed by atoms with Crippen LogP contribution in [0.3, 0.4) is 0 Å². The number of nitrogens with two attached hydrogens (primary N) is 1. The fourth-order valence-electron chi connectivity index (χ4n) is 3.15. The number of hydrogen-bond donors (Lipinski definition) is 1. The van der Waals surface area contributed by atoms with Gasteiger partial charge in [0.15, 0.2) is 0 Å². The smallest absolute Gasteiger partial charge is 0.0828 e. The highest BCUT2D eigenvalue weighted by molar-refractivity contribution is 4.89. The Morgan fingerprint density at radius 3 is 2.50 bits per heavy atom. The van der Waals surface area contributed by atoms with Crippen molar-refractivity contribution in [1.29, 1.82) is 0 Å². The lowest BCUT2D eigenvalue weighted by Gasteiger charge is -2.42. The molecule has 0 spiro atoms. The zero-order valence-corrected chi connectivity index (χ0v) is 11.7. The average Bonchev–Trinajstić information content (AvgIpc) is 2.43. The first kappa shape index (κ1) is 14.3. The highest BCUT2D eigenvalue weighted by atomic mass is 16.5. The van der Waals surface area contributed by atoms with Gasteiger partial charge in [-0.15, -0.1) is 0 Å². The van der Waals surface area contributed by atoms with E-state index in [0.717, 1.165) is 51.7 Å². The van der Waals surface area contributed by atoms with Crippen LogP contribution in [0.1, 0.15) is 32.6 Å². The minimum Gasteiger partial charge on any atom is -0.381 e. The molecule has 4 heteroatoms. The summed E-state index contributed by atoms with van der Waals surface area (Å²) in [6.07, 6.45) is 4.62. The van der Waals surface area contributed by atoms with Gasteiger partial charge in [-0.25, -0.2) is 0 Å². The summed E-state index contributed by atoms with van der Waals surface area (Å²) in [7, 11) is 0. The monoisotopic (exact) mass is 256 g/mol. The van der Waals surface area contributed by atoms with Crippen LogP contribution in [0.25, 0.3) is 0 Å². The van der Waals surface area contributed by atoms with E-state index in [2.05, 4.69) is 11.8 Å². The van der Waals surface area contributed by atoms with Gasteiger partial charge in [0.2, 0.25) is 0 Å². The van der Waals surface area contributed by atoms with E-state index in [4.69, 9.17) is 15.2 Å². The second-order valence-electron chi connectivity index (χ2n) is 5.68. The Morgan fingerprint density at radius 2 is 1.94 bits per heavy atom. The molecule has 2 N–H and O–H groups in total. The third-order valence-electron chi connectivity index (χ3n) is 4.45. The Morgan fingerprint density at radius 1 is 1.28 bits per heavy atom. The Balaban J connectivity index is 1.75. The Hall–Kier alpha value is -0.160. The molecule has 2 rings (SSSR count). The van der Waals surface area contributed by atoms with Gasteiger partial charge in [-0.05, 0) is 38.5 Å². The van der Waals surface area contributed by atoms with Gasteiger partial charge in [0.1, 0.15) is 0 Å². The summed E-state index contributed by atoms with van der Waals surface area (Å²) in [5.41, 5.74) is 5.85. The zero-order valence-electron chi connectivity index (χ0n) is 11.7. The maximum absolute atomic E-state index is 5.89. The summed E-state index contributed by atoms with van der Waals surface area (Å²) in [6, 6.07) is 0. The van der Waals surface area contributed by atoms with E-state index >= 15 is 0 Å². The molecule has 0 aromatic rings. The Bertz CT molecular complexity index is 234. The van der Waals surface area contributed by atoms with E-state index in [1.807, 2.05) is 0 Å². The van der Waals surface area contributed by atoms with E-state index in [0.29, 0.717) is 6.54 Å². The molecule has 0 radical (unpaired) electrons. The van der Waals surface area contributed by atoms with Crippen molar-refractivity contribution in [2.45, 2.75) is 38.2 Å². The second kappa shape index (κ2) is 6.85. The minimum atomic E-state index is -0.0407. The molecule has 2 aliphatic rings. The van der Waals surface area contributed by atoms with Gasteiger partial charge in [-0.2, -0.15) is 0 Å². The van der Waals surface area contributed by atoms with Crippen LogP contribution in [0.2, 0.25) is 0 Å². The SMILES string of the molecule is CCOC1(CN)CCN(CC2CCOCC2)CC1. The van der Waals surface area contributed by atoms with Crippen LogP contribution in [-0.4, -0.2) is 56.5 Å². The van der Waals surface area contributed by atoms with Crippen LogP contribution in [0.15, 0.2) is 0 Å². The molecule has 2 heterocycles. The summed E-state index contributed by atoms with van der Waals surface area (Å²) >= 11 is 0. The zero-order chi connectivity index (χ0) is 12.8. The summed E-state index contributed by atoms with van der Waals surface area (Å²) in [5.74, 6) is 0.830. The first-order valence-corrected chi connectivity index (χ1v) is 7.42. The van der Waals surface area contributed by atoms with Gasteiger partial charge < -0.3 is 20.1 Å². The molecular formula is C14H28N2O2. The van der Waals surface area contributed by atoms with Crippen LogP contribution in [0, 0.1) is 5.92 Å². The highest BCUT2D eigenvalue weighted by Gasteiger charge is 2.34. The first-order valence-electron chi connectivity index (χ1n) is 7.42. The van der Waals surface area contributed by atoms with E-state index in [1.54, 1.807) is 0 Å². The van der Waals surface area contributed by atoms with Crippen molar-refractivity contribution in [2.75, 3.05) is 46.0 Å². The van der Waals surface area contributed by atoms with Gasteiger partial charge in [0, 0.05) is 46.0 Å². The molecule has 106 valence electrons. The van der Waals surface area contributed by atoms with Gasteiger partial charge in [-0.1, -0.05) is 0 Å². The number of ether oxygens (including phenoxy) is 2. The largest absolute Gasteiger partial charge is 0.381 e. The molecule has 0 aliphatic carbocycles. The van der Waals surface area contributed by atoms with Crippen LogP contribution in [-0.2, 0) is 9.47 Å². The number of hydrogen-bond acceptors (Lipinski definition) is 4. The van der Waals surface area contributed by atoms with Crippen molar-refractivity contribution < 1.29 is 9.47 Å². The van der Waals surface area contributed by atoms with Gasteiger partial charge in [-0.3, -0.25) is 0 Å². The second-order valence-corrected chi connectivity index (χ2v) is 5.68. The van der Waals surface area contributed by atoms with Crippen LogP contribution < -0.4 is 5.73 Å². The number of piperidine rings is 1. The standard InChI is InChI=1S/C14H28N2O2/c1-2-18-14(12-15)5-7-16(8-6-14)11-13-3-9-17-10-4-13/h13H,2-12,15H2,1H3. The predicted molar refractivity (Wildman–Crippen MR) is 72.6 cm³/mol. The van der Waals surface area contributed by atoms with Gasteiger partial charge in [0.05, 0.1) is 5.60 Å². The lowest BCUT2D eigenvalue weighted by Crippen LogP contribution is -2.51. The summed E-state index contributed by atoms with van der Waals surface area (Å²) in [6.45, 7) is 8.89. The van der Waals surface area contributed by atoms with E-state index in [9.17, 15) is 0 Å². The lowest BCUT2D eigenvalue weighted by molar-refractivity contribution is -0.0756. The average molecular weight is 256 g/mol. The number of likely N-dealkylation sites (tertiary alicyclic amines) is 1. The molecule has 0 unspecified atom stereocenters. The quantitative estimate of drug-likeness (QED) is 0.804. The van der Waals surface area contributed by atoms with Crippen molar-refractivity contribution in [2.24, 2.45) is 11.7 Å². The maximum atomic E-state index is 5.89. The van der Waals surface area contributed by atoms with Gasteiger partial charge >= 0.3 is 0 Å². The molecule has 4 nitrogen and oxygen atoms in total. The first-order chi connectivity index (χ1) is 8.78. The van der Waals surface area contributed by atoms with Crippen LogP contribution in [0.4, 0.5) is 0 Å². The normalized spacial score (nSPS) is 26.3. The number of nitrogens with zero attached hydrogens (tertiary/aromatic N) is 1. The molecule has 0 atom stereocenters. The molecule has 2 aliphatic heterocycles. The summed E-state index contributed by atoms with van der Waals surface area (Å²) < 4.78 is 11.3. The van der Waals surface area contributed by atoms with Crippen molar-refractivity contribution in [3.63, 3.8) is 0 Å². The molecule has 0 bridgehead atoms. The molecule has 0 saturated carbocycles.